The molecule has 3 N–H and O–H groups in total. The van der Waals surface area contributed by atoms with Crippen molar-refractivity contribution in [3.05, 3.63) is 42.0 Å². The van der Waals surface area contributed by atoms with Gasteiger partial charge >= 0.3 is 5.97 Å². The smallest absolute Gasteiger partial charge is 0.335 e. The van der Waals surface area contributed by atoms with Gasteiger partial charge in [-0.1, -0.05) is 18.7 Å². The topological polar surface area (TPSA) is 76.2 Å². The van der Waals surface area contributed by atoms with E-state index in [2.05, 4.69) is 6.58 Å². The molecule has 19 heavy (non-hydrogen) atoms. The average molecular weight is 260 g/mol. The number of hydrogen-bond donors (Lipinski definition) is 2. The Balaban J connectivity index is 2.84. The monoisotopic (exact) mass is 260 g/mol. The fourth-order valence-corrected chi connectivity index (χ4v) is 1.89. The van der Waals surface area contributed by atoms with E-state index in [0.717, 1.165) is 36.5 Å². The summed E-state index contributed by atoms with van der Waals surface area (Å²) >= 11 is 0. The van der Waals surface area contributed by atoms with Gasteiger partial charge in [0, 0.05) is 12.1 Å². The molecule has 0 aliphatic heterocycles. The zero-order chi connectivity index (χ0) is 14.3. The number of ether oxygens (including phenoxy) is 1. The lowest BCUT2D eigenvalue weighted by Gasteiger charge is -2.16. The van der Waals surface area contributed by atoms with Gasteiger partial charge in [-0.3, -0.25) is 0 Å². The van der Waals surface area contributed by atoms with Crippen LogP contribution < -0.4 is 10.5 Å². The summed E-state index contributed by atoms with van der Waals surface area (Å²) in [5, 5.41) is 6.99. The van der Waals surface area contributed by atoms with E-state index in [4.69, 9.17) is 15.9 Å². The van der Waals surface area contributed by atoms with Gasteiger partial charge in [0.2, 0.25) is 0 Å². The molecule has 1 aromatic rings. The molecule has 1 unspecified atom stereocenters. The molecular weight excluding hydrogens is 240 g/mol. The van der Waals surface area contributed by atoms with Crippen molar-refractivity contribution in [3.8, 4) is 5.75 Å². The third kappa shape index (κ3) is 4.34. The van der Waals surface area contributed by atoms with Crippen molar-refractivity contribution in [1.82, 2.24) is 0 Å². The minimum atomic E-state index is -0.474. The first-order valence-electron chi connectivity index (χ1n) is 6.28. The van der Waals surface area contributed by atoms with Gasteiger partial charge in [0.1, 0.15) is 5.75 Å². The Morgan fingerprint density at radius 1 is 1.58 bits per heavy atom. The Labute approximate surface area is 113 Å². The van der Waals surface area contributed by atoms with E-state index in [0.29, 0.717) is 5.75 Å². The fourth-order valence-electron chi connectivity index (χ4n) is 1.89. The van der Waals surface area contributed by atoms with Crippen LogP contribution in [0.2, 0.25) is 0 Å². The Morgan fingerprint density at radius 2 is 2.32 bits per heavy atom. The van der Waals surface area contributed by atoms with Crippen LogP contribution >= 0.6 is 0 Å². The highest BCUT2D eigenvalue weighted by molar-refractivity contribution is 5.83. The largest absolute Gasteiger partial charge is 0.423 e. The molecule has 0 aliphatic carbocycles. The average Bonchev–Trinajstić information content (AvgIpc) is 2.41. The van der Waals surface area contributed by atoms with E-state index in [9.17, 15) is 4.79 Å². The van der Waals surface area contributed by atoms with Gasteiger partial charge in [0.15, 0.2) is 0 Å². The maximum Gasteiger partial charge on any atom is 0.335 e. The van der Waals surface area contributed by atoms with Crippen molar-refractivity contribution in [2.45, 2.75) is 32.2 Å². The summed E-state index contributed by atoms with van der Waals surface area (Å²) in [6.07, 6.45) is 4.94. The lowest BCUT2D eigenvalue weighted by atomic mass is 9.97. The molecule has 102 valence electrons. The van der Waals surface area contributed by atoms with E-state index in [1.165, 1.54) is 6.21 Å². The molecular formula is C15H20N2O2. The molecule has 0 saturated carbocycles. The van der Waals surface area contributed by atoms with Crippen LogP contribution in [0.4, 0.5) is 0 Å². The number of nitrogens with two attached hydrogens (primary N) is 1. The molecule has 0 bridgehead atoms. The highest BCUT2D eigenvalue weighted by atomic mass is 16.5. The molecule has 0 aromatic heterocycles. The van der Waals surface area contributed by atoms with Gasteiger partial charge in [-0.05, 0) is 49.6 Å². The predicted molar refractivity (Wildman–Crippen MR) is 76.6 cm³/mol. The van der Waals surface area contributed by atoms with Crippen molar-refractivity contribution in [3.63, 3.8) is 0 Å². The third-order valence-corrected chi connectivity index (χ3v) is 2.97. The van der Waals surface area contributed by atoms with Gasteiger partial charge in [-0.25, -0.2) is 4.79 Å². The maximum absolute atomic E-state index is 11.2. The van der Waals surface area contributed by atoms with Gasteiger partial charge < -0.3 is 15.9 Å². The standard InChI is InChI=1S/C15H20N2O2/c1-3-15(18)19-14-9-6-7-12(11(14)2)13(17)8-4-5-10-16/h3,6-7,9-10,13,16H,1,4-5,8,17H2,2H3. The number of hydrogen-bond acceptors (Lipinski definition) is 4. The second-order valence-electron chi connectivity index (χ2n) is 4.34. The summed E-state index contributed by atoms with van der Waals surface area (Å²) in [4.78, 5) is 11.2. The van der Waals surface area contributed by atoms with Crippen LogP contribution in [0.5, 0.6) is 5.75 Å². The third-order valence-electron chi connectivity index (χ3n) is 2.97. The predicted octanol–water partition coefficient (Wildman–Crippen LogP) is 2.91. The van der Waals surface area contributed by atoms with Crippen LogP contribution in [0, 0.1) is 12.3 Å². The van der Waals surface area contributed by atoms with Crippen molar-refractivity contribution < 1.29 is 9.53 Å². The SMILES string of the molecule is C=CC(=O)Oc1cccc(C(N)CCCC=N)c1C. The summed E-state index contributed by atoms with van der Waals surface area (Å²) < 4.78 is 5.16. The maximum atomic E-state index is 11.2. The van der Waals surface area contributed by atoms with E-state index in [1.807, 2.05) is 19.1 Å². The molecule has 1 aromatic carbocycles. The number of rotatable bonds is 7. The molecule has 4 nitrogen and oxygen atoms in total. The fraction of sp³-hybridized carbons (Fsp3) is 0.333. The quantitative estimate of drug-likeness (QED) is 0.260. The molecule has 0 heterocycles. The molecule has 4 heteroatoms. The molecule has 0 fully saturated rings. The number of carbonyl (C=O) groups is 1. The molecule has 1 rings (SSSR count). The van der Waals surface area contributed by atoms with Gasteiger partial charge in [0.25, 0.3) is 0 Å². The zero-order valence-electron chi connectivity index (χ0n) is 11.2. The number of carbonyl (C=O) groups excluding carboxylic acids is 1. The van der Waals surface area contributed by atoms with Gasteiger partial charge in [-0.15, -0.1) is 0 Å². The summed E-state index contributed by atoms with van der Waals surface area (Å²) in [6, 6.07) is 5.40. The summed E-state index contributed by atoms with van der Waals surface area (Å²) in [7, 11) is 0. The second kappa shape index (κ2) is 7.48. The summed E-state index contributed by atoms with van der Waals surface area (Å²) in [5.41, 5.74) is 7.98. The Kier molecular flexibility index (Phi) is 5.96. The number of unbranched alkanes of at least 4 members (excludes halogenated alkanes) is 1. The molecule has 0 saturated heterocycles. The van der Waals surface area contributed by atoms with E-state index in [1.54, 1.807) is 6.07 Å². The number of benzene rings is 1. The van der Waals surface area contributed by atoms with Crippen LogP contribution in [0.15, 0.2) is 30.9 Å². The first-order valence-corrected chi connectivity index (χ1v) is 6.28. The molecule has 0 amide bonds. The first kappa shape index (κ1) is 15.1. The molecule has 0 spiro atoms. The van der Waals surface area contributed by atoms with Crippen molar-refractivity contribution >= 4 is 12.2 Å². The van der Waals surface area contributed by atoms with Crippen LogP contribution in [0.25, 0.3) is 0 Å². The second-order valence-corrected chi connectivity index (χ2v) is 4.34. The van der Waals surface area contributed by atoms with Crippen molar-refractivity contribution in [1.29, 1.82) is 5.41 Å². The Hall–Kier alpha value is -1.94. The lowest BCUT2D eigenvalue weighted by Crippen LogP contribution is -2.13. The van der Waals surface area contributed by atoms with Crippen LogP contribution in [-0.4, -0.2) is 12.2 Å². The molecule has 0 radical (unpaired) electrons. The van der Waals surface area contributed by atoms with Crippen LogP contribution in [0.1, 0.15) is 36.4 Å². The summed E-state index contributed by atoms with van der Waals surface area (Å²) in [6.45, 7) is 5.26. The lowest BCUT2D eigenvalue weighted by molar-refractivity contribution is -0.129. The van der Waals surface area contributed by atoms with Gasteiger partial charge in [-0.2, -0.15) is 0 Å². The Morgan fingerprint density at radius 3 is 2.95 bits per heavy atom. The number of nitrogens with one attached hydrogen (secondary N) is 1. The summed E-state index contributed by atoms with van der Waals surface area (Å²) in [5.74, 6) is 0.0440. The van der Waals surface area contributed by atoms with Crippen molar-refractivity contribution in [2.75, 3.05) is 0 Å². The molecule has 0 aliphatic rings. The highest BCUT2D eigenvalue weighted by Gasteiger charge is 2.13. The van der Waals surface area contributed by atoms with E-state index >= 15 is 0 Å². The minimum Gasteiger partial charge on any atom is -0.423 e. The highest BCUT2D eigenvalue weighted by Crippen LogP contribution is 2.27. The van der Waals surface area contributed by atoms with E-state index < -0.39 is 5.97 Å². The first-order chi connectivity index (χ1) is 9.10. The van der Waals surface area contributed by atoms with Crippen LogP contribution in [-0.2, 0) is 4.79 Å². The minimum absolute atomic E-state index is 0.109. The van der Waals surface area contributed by atoms with Crippen molar-refractivity contribution in [2.24, 2.45) is 5.73 Å². The molecule has 1 atom stereocenters. The number of esters is 1. The normalized spacial score (nSPS) is 11.7. The Bertz CT molecular complexity index is 469. The van der Waals surface area contributed by atoms with Gasteiger partial charge in [0.05, 0.1) is 0 Å². The zero-order valence-corrected chi connectivity index (χ0v) is 11.2. The van der Waals surface area contributed by atoms with Crippen LogP contribution in [0.3, 0.4) is 0 Å². The van der Waals surface area contributed by atoms with E-state index in [-0.39, 0.29) is 6.04 Å².